The molecule has 2 aromatic carbocycles. The van der Waals surface area contributed by atoms with Gasteiger partial charge in [-0.3, -0.25) is 24.2 Å². The van der Waals surface area contributed by atoms with Crippen LogP contribution in [0.4, 0.5) is 18.9 Å². The van der Waals surface area contributed by atoms with Crippen molar-refractivity contribution in [3.63, 3.8) is 0 Å². The molecular weight excluding hydrogens is 499 g/mol. The minimum Gasteiger partial charge on any atom is -0.406 e. The van der Waals surface area contributed by atoms with Crippen molar-refractivity contribution in [1.29, 1.82) is 0 Å². The molecule has 0 fully saturated rings. The zero-order chi connectivity index (χ0) is 24.7. The fourth-order valence-corrected chi connectivity index (χ4v) is 4.61. The van der Waals surface area contributed by atoms with Gasteiger partial charge in [0.1, 0.15) is 5.75 Å². The maximum atomic E-state index is 13.1. The maximum Gasteiger partial charge on any atom is 0.573 e. The smallest absolute Gasteiger partial charge is 0.406 e. The lowest BCUT2D eigenvalue weighted by Crippen LogP contribution is -2.29. The van der Waals surface area contributed by atoms with Crippen LogP contribution >= 0.6 is 11.6 Å². The number of ether oxygens (including phenoxy) is 1. The highest BCUT2D eigenvalue weighted by Crippen LogP contribution is 2.36. The molecule has 0 saturated carbocycles. The van der Waals surface area contributed by atoms with E-state index in [1.54, 1.807) is 12.1 Å². The number of alkyl halides is 3. The molecule has 176 valence electrons. The Bertz CT molecular complexity index is 1380. The maximum absolute atomic E-state index is 13.1. The van der Waals surface area contributed by atoms with Crippen molar-refractivity contribution in [2.75, 3.05) is 4.72 Å². The van der Waals surface area contributed by atoms with Crippen molar-refractivity contribution < 1.29 is 35.9 Å². The molecule has 1 N–H and O–H groups in total. The van der Waals surface area contributed by atoms with Gasteiger partial charge in [-0.1, -0.05) is 17.7 Å². The minimum atomic E-state index is -4.93. The van der Waals surface area contributed by atoms with Gasteiger partial charge in [0.2, 0.25) is 0 Å². The number of amides is 2. The molecule has 0 bridgehead atoms. The van der Waals surface area contributed by atoms with Crippen molar-refractivity contribution >= 4 is 39.1 Å². The number of sulfonamides is 1. The first-order valence-electron chi connectivity index (χ1n) is 9.42. The zero-order valence-corrected chi connectivity index (χ0v) is 18.4. The summed E-state index contributed by atoms with van der Waals surface area (Å²) in [6.07, 6.45) is -1.94. The number of benzene rings is 2. The summed E-state index contributed by atoms with van der Waals surface area (Å²) in [4.78, 5) is 30.4. The summed E-state index contributed by atoms with van der Waals surface area (Å²) in [5.74, 6) is -2.08. The number of aromatic nitrogens is 1. The Kier molecular flexibility index (Phi) is 5.96. The zero-order valence-electron chi connectivity index (χ0n) is 16.8. The van der Waals surface area contributed by atoms with Crippen molar-refractivity contribution in [3.05, 3.63) is 82.6 Å². The lowest BCUT2D eigenvalue weighted by Gasteiger charge is -2.14. The second-order valence-corrected chi connectivity index (χ2v) is 9.12. The van der Waals surface area contributed by atoms with Crippen molar-refractivity contribution in [3.8, 4) is 5.75 Å². The van der Waals surface area contributed by atoms with Gasteiger partial charge < -0.3 is 4.74 Å². The molecule has 0 radical (unpaired) electrons. The number of hydrogen-bond acceptors (Lipinski definition) is 6. The quantitative estimate of drug-likeness (QED) is 0.496. The number of carbonyl (C=O) groups excluding carboxylic acids is 2. The number of anilines is 1. The van der Waals surface area contributed by atoms with Gasteiger partial charge in [-0.2, -0.15) is 0 Å². The van der Waals surface area contributed by atoms with Crippen LogP contribution in [0.15, 0.2) is 65.8 Å². The Morgan fingerprint density at radius 3 is 2.29 bits per heavy atom. The highest BCUT2D eigenvalue weighted by Gasteiger charge is 2.40. The Balaban J connectivity index is 1.64. The largest absolute Gasteiger partial charge is 0.573 e. The number of rotatable bonds is 6. The number of nitrogens with one attached hydrogen (secondary N) is 1. The third-order valence-electron chi connectivity index (χ3n) is 4.75. The Labute approximate surface area is 196 Å². The number of imide groups is 1. The van der Waals surface area contributed by atoms with Crippen LogP contribution in [0.25, 0.3) is 0 Å². The van der Waals surface area contributed by atoms with E-state index in [2.05, 4.69) is 14.4 Å². The average molecular weight is 512 g/mol. The number of hydrogen-bond donors (Lipinski definition) is 1. The minimum absolute atomic E-state index is 0.0429. The molecule has 0 saturated heterocycles. The Hall–Kier alpha value is -3.64. The molecule has 13 heteroatoms. The third kappa shape index (κ3) is 4.68. The van der Waals surface area contributed by atoms with Gasteiger partial charge in [0, 0.05) is 12.4 Å². The van der Waals surface area contributed by atoms with E-state index in [0.29, 0.717) is 5.56 Å². The fourth-order valence-electron chi connectivity index (χ4n) is 3.30. The SMILES string of the molecule is O=C1c2c(Cl)ccc(NS(=O)(=O)c3ccc(OC(F)(F)F)cc3)c2C(=O)N1Cc1cccnc1. The Morgan fingerprint density at radius 2 is 1.68 bits per heavy atom. The molecule has 8 nitrogen and oxygen atoms in total. The van der Waals surface area contributed by atoms with Crippen molar-refractivity contribution in [2.45, 2.75) is 17.8 Å². The predicted molar refractivity (Wildman–Crippen MR) is 114 cm³/mol. The van der Waals surface area contributed by atoms with E-state index in [0.717, 1.165) is 29.2 Å². The monoisotopic (exact) mass is 511 g/mol. The first-order valence-corrected chi connectivity index (χ1v) is 11.3. The molecule has 4 rings (SSSR count). The van der Waals surface area contributed by atoms with E-state index in [4.69, 9.17) is 11.6 Å². The number of pyridine rings is 1. The molecule has 1 aliphatic heterocycles. The molecule has 0 spiro atoms. The van der Waals surface area contributed by atoms with E-state index in [1.165, 1.54) is 24.5 Å². The summed E-state index contributed by atoms with van der Waals surface area (Å²) in [5, 5.41) is -0.0429. The molecular formula is C21H13ClF3N3O5S. The Morgan fingerprint density at radius 1 is 1.00 bits per heavy atom. The molecule has 2 heterocycles. The van der Waals surface area contributed by atoms with Gasteiger partial charge >= 0.3 is 6.36 Å². The summed E-state index contributed by atoms with van der Waals surface area (Å²) in [7, 11) is -4.35. The summed E-state index contributed by atoms with van der Waals surface area (Å²) in [6, 6.07) is 9.24. The fraction of sp³-hybridized carbons (Fsp3) is 0.0952. The number of fused-ring (bicyclic) bond motifs is 1. The molecule has 0 atom stereocenters. The highest BCUT2D eigenvalue weighted by atomic mass is 35.5. The average Bonchev–Trinajstić information content (AvgIpc) is 3.01. The molecule has 34 heavy (non-hydrogen) atoms. The van der Waals surface area contributed by atoms with Gasteiger partial charge in [0.15, 0.2) is 0 Å². The third-order valence-corrected chi connectivity index (χ3v) is 6.44. The van der Waals surface area contributed by atoms with E-state index in [9.17, 15) is 31.2 Å². The number of carbonyl (C=O) groups is 2. The van der Waals surface area contributed by atoms with Crippen LogP contribution in [0.5, 0.6) is 5.75 Å². The normalized spacial score (nSPS) is 13.7. The van der Waals surface area contributed by atoms with Crippen LogP contribution in [-0.2, 0) is 16.6 Å². The molecule has 2 amide bonds. The van der Waals surface area contributed by atoms with Crippen LogP contribution < -0.4 is 9.46 Å². The predicted octanol–water partition coefficient (Wildman–Crippen LogP) is 4.23. The summed E-state index contributed by atoms with van der Waals surface area (Å²) >= 11 is 6.13. The van der Waals surface area contributed by atoms with Crippen LogP contribution in [0, 0.1) is 0 Å². The van der Waals surface area contributed by atoms with Crippen LogP contribution in [0.2, 0.25) is 5.02 Å². The summed E-state index contributed by atoms with van der Waals surface area (Å²) in [5.41, 5.74) is -0.0369. The standard InChI is InChI=1S/C21H13ClF3N3O5S/c22-15-7-8-16(27-34(31,32)14-5-3-13(4-6-14)33-21(23,24)25)18-17(15)19(29)28(20(18)30)11-12-2-1-9-26-10-12/h1-10,27H,11H2. The molecule has 0 aliphatic carbocycles. The second-order valence-electron chi connectivity index (χ2n) is 7.03. The molecule has 1 aliphatic rings. The van der Waals surface area contributed by atoms with Gasteiger partial charge in [-0.15, -0.1) is 13.2 Å². The van der Waals surface area contributed by atoms with Gasteiger partial charge in [-0.25, -0.2) is 8.42 Å². The summed E-state index contributed by atoms with van der Waals surface area (Å²) in [6.45, 7) is -0.108. The van der Waals surface area contributed by atoms with Gasteiger partial charge in [0.25, 0.3) is 21.8 Å². The number of halogens is 4. The highest BCUT2D eigenvalue weighted by molar-refractivity contribution is 7.92. The van der Waals surface area contributed by atoms with Crippen molar-refractivity contribution in [2.24, 2.45) is 0 Å². The molecule has 1 aromatic heterocycles. The second kappa shape index (κ2) is 8.61. The van der Waals surface area contributed by atoms with Gasteiger partial charge in [0.05, 0.1) is 33.3 Å². The van der Waals surface area contributed by atoms with E-state index < -0.39 is 38.8 Å². The number of nitrogens with zero attached hydrogens (tertiary/aromatic N) is 2. The van der Waals surface area contributed by atoms with Crippen LogP contribution in [0.3, 0.4) is 0 Å². The molecule has 0 unspecified atom stereocenters. The van der Waals surface area contributed by atoms with Gasteiger partial charge in [-0.05, 0) is 48.0 Å². The lowest BCUT2D eigenvalue weighted by molar-refractivity contribution is -0.274. The first kappa shape index (κ1) is 23.5. The van der Waals surface area contributed by atoms with E-state index in [1.807, 2.05) is 0 Å². The first-order chi connectivity index (χ1) is 16.0. The van der Waals surface area contributed by atoms with E-state index in [-0.39, 0.29) is 28.4 Å². The van der Waals surface area contributed by atoms with E-state index >= 15 is 0 Å². The van der Waals surface area contributed by atoms with Crippen molar-refractivity contribution in [1.82, 2.24) is 9.88 Å². The van der Waals surface area contributed by atoms with Crippen LogP contribution in [-0.4, -0.2) is 36.5 Å². The summed E-state index contributed by atoms with van der Waals surface area (Å²) < 4.78 is 68.6. The molecule has 3 aromatic rings. The lowest BCUT2D eigenvalue weighted by atomic mass is 10.1. The van der Waals surface area contributed by atoms with Crippen LogP contribution in [0.1, 0.15) is 26.3 Å². The topological polar surface area (TPSA) is 106 Å².